The first-order chi connectivity index (χ1) is 8.69. The Balaban J connectivity index is 2.42. The van der Waals surface area contributed by atoms with Crippen molar-refractivity contribution >= 4 is 0 Å². The van der Waals surface area contributed by atoms with Crippen LogP contribution in [0.3, 0.4) is 0 Å². The SMILES string of the molecule is CCCC(CCCc1cccc(F)c1F)NCC. The van der Waals surface area contributed by atoms with Crippen molar-refractivity contribution in [3.05, 3.63) is 35.4 Å². The second-order valence-corrected chi connectivity index (χ2v) is 4.65. The summed E-state index contributed by atoms with van der Waals surface area (Å²) in [5, 5.41) is 3.43. The van der Waals surface area contributed by atoms with E-state index >= 15 is 0 Å². The van der Waals surface area contributed by atoms with E-state index in [0.717, 1.165) is 38.3 Å². The summed E-state index contributed by atoms with van der Waals surface area (Å²) in [6.07, 6.45) is 4.79. The van der Waals surface area contributed by atoms with Crippen LogP contribution in [0.2, 0.25) is 0 Å². The molecule has 0 fully saturated rings. The molecule has 1 unspecified atom stereocenters. The fourth-order valence-electron chi connectivity index (χ4n) is 2.27. The summed E-state index contributed by atoms with van der Waals surface area (Å²) in [6.45, 7) is 5.21. The molecule has 0 aliphatic carbocycles. The smallest absolute Gasteiger partial charge is 0.162 e. The second kappa shape index (κ2) is 8.20. The van der Waals surface area contributed by atoms with E-state index in [1.165, 1.54) is 0 Å². The minimum Gasteiger partial charge on any atom is -0.314 e. The highest BCUT2D eigenvalue weighted by atomic mass is 19.2. The van der Waals surface area contributed by atoms with Gasteiger partial charge in [0.2, 0.25) is 0 Å². The van der Waals surface area contributed by atoms with Gasteiger partial charge in [-0.3, -0.25) is 0 Å². The van der Waals surface area contributed by atoms with E-state index < -0.39 is 11.6 Å². The van der Waals surface area contributed by atoms with Crippen LogP contribution in [0.5, 0.6) is 0 Å². The van der Waals surface area contributed by atoms with E-state index in [0.29, 0.717) is 18.0 Å². The zero-order valence-corrected chi connectivity index (χ0v) is 11.3. The normalized spacial score (nSPS) is 12.7. The van der Waals surface area contributed by atoms with Gasteiger partial charge >= 0.3 is 0 Å². The minimum atomic E-state index is -0.746. The van der Waals surface area contributed by atoms with Crippen molar-refractivity contribution in [2.24, 2.45) is 0 Å². The lowest BCUT2D eigenvalue weighted by Crippen LogP contribution is -2.28. The van der Waals surface area contributed by atoms with Gasteiger partial charge in [-0.2, -0.15) is 0 Å². The molecule has 102 valence electrons. The average molecular weight is 255 g/mol. The van der Waals surface area contributed by atoms with E-state index in [2.05, 4.69) is 19.2 Å². The second-order valence-electron chi connectivity index (χ2n) is 4.65. The third kappa shape index (κ3) is 4.73. The zero-order chi connectivity index (χ0) is 13.4. The lowest BCUT2D eigenvalue weighted by molar-refractivity contribution is 0.443. The van der Waals surface area contributed by atoms with Crippen molar-refractivity contribution in [2.45, 2.75) is 52.0 Å². The molecule has 1 atom stereocenters. The molecule has 0 saturated carbocycles. The summed E-state index contributed by atoms with van der Waals surface area (Å²) in [6, 6.07) is 4.90. The third-order valence-corrected chi connectivity index (χ3v) is 3.16. The van der Waals surface area contributed by atoms with Gasteiger partial charge in [0.1, 0.15) is 0 Å². The number of rotatable bonds is 8. The molecular formula is C15H23F2N. The molecule has 0 spiro atoms. The molecule has 1 N–H and O–H groups in total. The molecule has 3 heteroatoms. The number of nitrogens with one attached hydrogen (secondary N) is 1. The first-order valence-corrected chi connectivity index (χ1v) is 6.85. The van der Waals surface area contributed by atoms with Gasteiger partial charge in [0, 0.05) is 6.04 Å². The molecule has 0 aromatic heterocycles. The predicted octanol–water partition coefficient (Wildman–Crippen LogP) is 4.07. The largest absolute Gasteiger partial charge is 0.314 e. The topological polar surface area (TPSA) is 12.0 Å². The Hall–Kier alpha value is -0.960. The van der Waals surface area contributed by atoms with Crippen LogP contribution in [0.1, 0.15) is 45.1 Å². The number of halogens is 2. The minimum absolute atomic E-state index is 0.488. The van der Waals surface area contributed by atoms with Crippen molar-refractivity contribution in [3.63, 3.8) is 0 Å². The van der Waals surface area contributed by atoms with Crippen LogP contribution in [0, 0.1) is 11.6 Å². The van der Waals surface area contributed by atoms with Crippen LogP contribution in [0.4, 0.5) is 8.78 Å². The van der Waals surface area contributed by atoms with E-state index in [1.54, 1.807) is 12.1 Å². The van der Waals surface area contributed by atoms with Crippen LogP contribution in [0.25, 0.3) is 0 Å². The Labute approximate surface area is 109 Å². The predicted molar refractivity (Wildman–Crippen MR) is 71.7 cm³/mol. The quantitative estimate of drug-likeness (QED) is 0.738. The van der Waals surface area contributed by atoms with Crippen molar-refractivity contribution < 1.29 is 8.78 Å². The molecule has 1 aromatic carbocycles. The Morgan fingerprint density at radius 1 is 1.17 bits per heavy atom. The van der Waals surface area contributed by atoms with Gasteiger partial charge in [0.05, 0.1) is 0 Å². The first-order valence-electron chi connectivity index (χ1n) is 6.85. The maximum atomic E-state index is 13.4. The summed E-state index contributed by atoms with van der Waals surface area (Å²) >= 11 is 0. The average Bonchev–Trinajstić information content (AvgIpc) is 2.35. The molecule has 0 aliphatic rings. The van der Waals surface area contributed by atoms with Gasteiger partial charge in [0.25, 0.3) is 0 Å². The fourth-order valence-corrected chi connectivity index (χ4v) is 2.27. The zero-order valence-electron chi connectivity index (χ0n) is 11.3. The van der Waals surface area contributed by atoms with Gasteiger partial charge in [-0.05, 0) is 43.9 Å². The van der Waals surface area contributed by atoms with Gasteiger partial charge in [0.15, 0.2) is 11.6 Å². The molecule has 0 bridgehead atoms. The molecular weight excluding hydrogens is 232 g/mol. The highest BCUT2D eigenvalue weighted by molar-refractivity contribution is 5.18. The molecule has 0 amide bonds. The third-order valence-electron chi connectivity index (χ3n) is 3.16. The van der Waals surface area contributed by atoms with Crippen molar-refractivity contribution in [1.29, 1.82) is 0 Å². The Bertz CT molecular complexity index is 346. The van der Waals surface area contributed by atoms with Crippen molar-refractivity contribution in [1.82, 2.24) is 5.32 Å². The number of hydrogen-bond acceptors (Lipinski definition) is 1. The van der Waals surface area contributed by atoms with Gasteiger partial charge < -0.3 is 5.32 Å². The summed E-state index contributed by atoms with van der Waals surface area (Å²) in [7, 11) is 0. The standard InChI is InChI=1S/C15H23F2N/c1-3-7-13(18-4-2)10-5-8-12-9-6-11-14(16)15(12)17/h6,9,11,13,18H,3-5,7-8,10H2,1-2H3. The molecule has 0 heterocycles. The maximum absolute atomic E-state index is 13.4. The molecule has 1 rings (SSSR count). The fraction of sp³-hybridized carbons (Fsp3) is 0.600. The van der Waals surface area contributed by atoms with E-state index in [1.807, 2.05) is 0 Å². The van der Waals surface area contributed by atoms with E-state index in [9.17, 15) is 8.78 Å². The molecule has 1 aromatic rings. The molecule has 0 aliphatic heterocycles. The lowest BCUT2D eigenvalue weighted by Gasteiger charge is -2.16. The highest BCUT2D eigenvalue weighted by Crippen LogP contribution is 2.15. The molecule has 0 radical (unpaired) electrons. The Morgan fingerprint density at radius 2 is 1.94 bits per heavy atom. The highest BCUT2D eigenvalue weighted by Gasteiger charge is 2.09. The van der Waals surface area contributed by atoms with Gasteiger partial charge in [-0.25, -0.2) is 8.78 Å². The number of benzene rings is 1. The van der Waals surface area contributed by atoms with Crippen molar-refractivity contribution in [2.75, 3.05) is 6.54 Å². The monoisotopic (exact) mass is 255 g/mol. The molecule has 18 heavy (non-hydrogen) atoms. The summed E-state index contributed by atoms with van der Waals surface area (Å²) < 4.78 is 26.5. The molecule has 1 nitrogen and oxygen atoms in total. The van der Waals surface area contributed by atoms with E-state index in [4.69, 9.17) is 0 Å². The summed E-state index contributed by atoms with van der Waals surface area (Å²) in [4.78, 5) is 0. The lowest BCUT2D eigenvalue weighted by atomic mass is 10.0. The number of aryl methyl sites for hydroxylation is 1. The van der Waals surface area contributed by atoms with Crippen LogP contribution in [-0.2, 0) is 6.42 Å². The molecule has 0 saturated heterocycles. The van der Waals surface area contributed by atoms with Crippen LogP contribution in [0.15, 0.2) is 18.2 Å². The van der Waals surface area contributed by atoms with Gasteiger partial charge in [-0.1, -0.05) is 32.4 Å². The Kier molecular flexibility index (Phi) is 6.88. The maximum Gasteiger partial charge on any atom is 0.162 e. The summed E-state index contributed by atoms with van der Waals surface area (Å²) in [5.74, 6) is -1.43. The van der Waals surface area contributed by atoms with Crippen LogP contribution >= 0.6 is 0 Å². The first kappa shape index (κ1) is 15.1. The number of hydrogen-bond donors (Lipinski definition) is 1. The van der Waals surface area contributed by atoms with Crippen LogP contribution in [-0.4, -0.2) is 12.6 Å². The summed E-state index contributed by atoms with van der Waals surface area (Å²) in [5.41, 5.74) is 0.488. The van der Waals surface area contributed by atoms with Crippen molar-refractivity contribution in [3.8, 4) is 0 Å². The van der Waals surface area contributed by atoms with Gasteiger partial charge in [-0.15, -0.1) is 0 Å². The van der Waals surface area contributed by atoms with Crippen LogP contribution < -0.4 is 5.32 Å². The Morgan fingerprint density at radius 3 is 2.61 bits per heavy atom. The van der Waals surface area contributed by atoms with E-state index in [-0.39, 0.29) is 0 Å².